The monoisotopic (exact) mass is 435 g/mol. The maximum Gasteiger partial charge on any atom is 0.363 e. The fraction of sp³-hybridized carbons (Fsp3) is 0.0435. The van der Waals surface area contributed by atoms with Gasteiger partial charge in [-0.15, -0.1) is 0 Å². The van der Waals surface area contributed by atoms with Crippen LogP contribution in [0.3, 0.4) is 0 Å². The average Bonchev–Trinajstić information content (AvgIpc) is 3.16. The molecule has 1 aliphatic rings. The van der Waals surface area contributed by atoms with Gasteiger partial charge in [0, 0.05) is 5.56 Å². The van der Waals surface area contributed by atoms with E-state index >= 15 is 0 Å². The molecule has 0 aliphatic carbocycles. The Morgan fingerprint density at radius 1 is 0.903 bits per heavy atom. The van der Waals surface area contributed by atoms with E-state index in [4.69, 9.17) is 13.7 Å². The molecule has 0 saturated carbocycles. The summed E-state index contributed by atoms with van der Waals surface area (Å²) in [6, 6.07) is 21.5. The van der Waals surface area contributed by atoms with Crippen LogP contribution in [-0.4, -0.2) is 27.4 Å². The number of carbonyl (C=O) groups excluding carboxylic acids is 1. The van der Waals surface area contributed by atoms with Crippen LogP contribution in [-0.2, 0) is 19.6 Å². The van der Waals surface area contributed by atoms with Crippen molar-refractivity contribution in [2.24, 2.45) is 4.99 Å². The first-order valence-electron chi connectivity index (χ1n) is 9.22. The summed E-state index contributed by atoms with van der Waals surface area (Å²) in [6.07, 6.45) is 1.52. The highest BCUT2D eigenvalue weighted by Crippen LogP contribution is 2.32. The van der Waals surface area contributed by atoms with Crippen molar-refractivity contribution in [2.75, 3.05) is 7.11 Å². The van der Waals surface area contributed by atoms with Gasteiger partial charge in [-0.1, -0.05) is 42.5 Å². The fourth-order valence-corrected chi connectivity index (χ4v) is 3.83. The summed E-state index contributed by atoms with van der Waals surface area (Å²) in [5.41, 5.74) is 1.37. The molecule has 0 spiro atoms. The zero-order chi connectivity index (χ0) is 21.8. The fourth-order valence-electron chi connectivity index (χ4n) is 2.87. The Bertz CT molecular complexity index is 1280. The van der Waals surface area contributed by atoms with Crippen molar-refractivity contribution >= 4 is 28.1 Å². The standard InChI is InChI=1S/C23H17NO6S/c1-28-21-15-16(12-13-20(21)30-31(26,27)18-10-6-3-7-11-18)14-19-23(25)29-22(24-19)17-8-4-2-5-9-17/h2-15H,1H3/b19-14-. The SMILES string of the molecule is COc1cc(/C=C2\N=C(c3ccccc3)OC2=O)ccc1OS(=O)(=O)c1ccccc1. The van der Waals surface area contributed by atoms with E-state index in [-0.39, 0.29) is 28.0 Å². The van der Waals surface area contributed by atoms with Gasteiger partial charge in [-0.05, 0) is 48.0 Å². The molecule has 0 atom stereocenters. The van der Waals surface area contributed by atoms with Crippen molar-refractivity contribution in [3.05, 3.63) is 95.7 Å². The topological polar surface area (TPSA) is 91.3 Å². The summed E-state index contributed by atoms with van der Waals surface area (Å²) in [5, 5.41) is 0. The third kappa shape index (κ3) is 4.49. The normalized spacial score (nSPS) is 14.8. The Hall–Kier alpha value is -3.91. The van der Waals surface area contributed by atoms with E-state index in [9.17, 15) is 13.2 Å². The maximum atomic E-state index is 12.5. The third-order valence-electron chi connectivity index (χ3n) is 4.36. The Labute approximate surface area is 179 Å². The van der Waals surface area contributed by atoms with E-state index in [0.717, 1.165) is 0 Å². The minimum atomic E-state index is -4.02. The highest BCUT2D eigenvalue weighted by Gasteiger charge is 2.24. The number of nitrogens with zero attached hydrogens (tertiary/aromatic N) is 1. The smallest absolute Gasteiger partial charge is 0.363 e. The molecule has 0 bridgehead atoms. The molecule has 1 heterocycles. The summed E-state index contributed by atoms with van der Waals surface area (Å²) >= 11 is 0. The lowest BCUT2D eigenvalue weighted by Crippen LogP contribution is -2.10. The van der Waals surface area contributed by atoms with Gasteiger partial charge in [-0.3, -0.25) is 0 Å². The van der Waals surface area contributed by atoms with Crippen LogP contribution >= 0.6 is 0 Å². The molecule has 0 radical (unpaired) electrons. The summed E-state index contributed by atoms with van der Waals surface area (Å²) in [7, 11) is -2.63. The number of carbonyl (C=O) groups is 1. The Balaban J connectivity index is 1.61. The zero-order valence-electron chi connectivity index (χ0n) is 16.4. The molecule has 7 nitrogen and oxygen atoms in total. The van der Waals surface area contributed by atoms with Crippen LogP contribution in [0.2, 0.25) is 0 Å². The van der Waals surface area contributed by atoms with Crippen LogP contribution in [0.15, 0.2) is 94.4 Å². The molecule has 0 aromatic heterocycles. The molecule has 8 heteroatoms. The van der Waals surface area contributed by atoms with E-state index in [1.54, 1.807) is 42.5 Å². The van der Waals surface area contributed by atoms with Gasteiger partial charge in [0.2, 0.25) is 5.90 Å². The Morgan fingerprint density at radius 2 is 1.58 bits per heavy atom. The molecule has 3 aromatic carbocycles. The van der Waals surface area contributed by atoms with Crippen molar-refractivity contribution in [3.8, 4) is 11.5 Å². The molecule has 0 N–H and O–H groups in total. The van der Waals surface area contributed by atoms with Crippen molar-refractivity contribution < 1.29 is 26.9 Å². The minimum absolute atomic E-state index is 0.0241. The first-order chi connectivity index (χ1) is 15.0. The number of cyclic esters (lactones) is 1. The van der Waals surface area contributed by atoms with Gasteiger partial charge in [-0.25, -0.2) is 9.79 Å². The van der Waals surface area contributed by atoms with Gasteiger partial charge in [0.25, 0.3) is 0 Å². The van der Waals surface area contributed by atoms with Gasteiger partial charge < -0.3 is 13.7 Å². The van der Waals surface area contributed by atoms with Crippen LogP contribution < -0.4 is 8.92 Å². The molecular formula is C23H17NO6S. The van der Waals surface area contributed by atoms with Crippen molar-refractivity contribution in [2.45, 2.75) is 4.90 Å². The number of rotatable bonds is 6. The Morgan fingerprint density at radius 3 is 2.26 bits per heavy atom. The molecule has 1 aliphatic heterocycles. The molecule has 3 aromatic rings. The van der Waals surface area contributed by atoms with E-state index < -0.39 is 16.1 Å². The van der Waals surface area contributed by atoms with Gasteiger partial charge in [0.05, 0.1) is 7.11 Å². The lowest BCUT2D eigenvalue weighted by Gasteiger charge is -2.11. The number of esters is 1. The first kappa shape index (κ1) is 20.4. The zero-order valence-corrected chi connectivity index (χ0v) is 17.2. The second kappa shape index (κ2) is 8.45. The minimum Gasteiger partial charge on any atom is -0.493 e. The van der Waals surface area contributed by atoms with Crippen LogP contribution in [0.1, 0.15) is 11.1 Å². The highest BCUT2D eigenvalue weighted by molar-refractivity contribution is 7.87. The third-order valence-corrected chi connectivity index (χ3v) is 5.61. The number of benzene rings is 3. The number of hydrogen-bond donors (Lipinski definition) is 0. The van der Waals surface area contributed by atoms with E-state index in [0.29, 0.717) is 11.1 Å². The van der Waals surface area contributed by atoms with Crippen LogP contribution in [0, 0.1) is 0 Å². The van der Waals surface area contributed by atoms with Crippen LogP contribution in [0.5, 0.6) is 11.5 Å². The molecule has 156 valence electrons. The maximum absolute atomic E-state index is 12.5. The molecule has 31 heavy (non-hydrogen) atoms. The predicted molar refractivity (Wildman–Crippen MR) is 114 cm³/mol. The highest BCUT2D eigenvalue weighted by atomic mass is 32.2. The molecule has 0 fully saturated rings. The molecule has 0 saturated heterocycles. The lowest BCUT2D eigenvalue weighted by molar-refractivity contribution is -0.129. The predicted octanol–water partition coefficient (Wildman–Crippen LogP) is 3.81. The second-order valence-electron chi connectivity index (χ2n) is 6.46. The van der Waals surface area contributed by atoms with E-state index in [1.165, 1.54) is 31.4 Å². The molecule has 0 amide bonds. The van der Waals surface area contributed by atoms with Crippen molar-refractivity contribution in [3.63, 3.8) is 0 Å². The lowest BCUT2D eigenvalue weighted by atomic mass is 10.1. The van der Waals surface area contributed by atoms with Gasteiger partial charge in [-0.2, -0.15) is 8.42 Å². The van der Waals surface area contributed by atoms with E-state index in [1.807, 2.05) is 18.2 Å². The first-order valence-corrected chi connectivity index (χ1v) is 10.6. The van der Waals surface area contributed by atoms with Gasteiger partial charge in [0.1, 0.15) is 4.90 Å². The van der Waals surface area contributed by atoms with E-state index in [2.05, 4.69) is 4.99 Å². The van der Waals surface area contributed by atoms with Crippen molar-refractivity contribution in [1.82, 2.24) is 0 Å². The van der Waals surface area contributed by atoms with Crippen LogP contribution in [0.25, 0.3) is 6.08 Å². The molecule has 4 rings (SSSR count). The second-order valence-corrected chi connectivity index (χ2v) is 8.01. The largest absolute Gasteiger partial charge is 0.493 e. The summed E-state index contributed by atoms with van der Waals surface area (Å²) < 4.78 is 40.7. The number of aliphatic imine (C=N–C) groups is 1. The average molecular weight is 435 g/mol. The Kier molecular flexibility index (Phi) is 5.55. The van der Waals surface area contributed by atoms with Crippen molar-refractivity contribution in [1.29, 1.82) is 0 Å². The summed E-state index contributed by atoms with van der Waals surface area (Å²) in [5.74, 6) is -0.147. The molecule has 0 unspecified atom stereocenters. The summed E-state index contributed by atoms with van der Waals surface area (Å²) in [6.45, 7) is 0. The quantitative estimate of drug-likeness (QED) is 0.332. The summed E-state index contributed by atoms with van der Waals surface area (Å²) in [4.78, 5) is 16.5. The number of ether oxygens (including phenoxy) is 2. The van der Waals surface area contributed by atoms with Gasteiger partial charge in [0.15, 0.2) is 17.2 Å². The van der Waals surface area contributed by atoms with Gasteiger partial charge >= 0.3 is 16.1 Å². The molecular weight excluding hydrogens is 418 g/mol. The number of methoxy groups -OCH3 is 1. The van der Waals surface area contributed by atoms with Crippen LogP contribution in [0.4, 0.5) is 0 Å². The number of hydrogen-bond acceptors (Lipinski definition) is 7.